The fraction of sp³-hybridized carbons (Fsp3) is 0.909. The summed E-state index contributed by atoms with van der Waals surface area (Å²) in [5.41, 5.74) is 0. The summed E-state index contributed by atoms with van der Waals surface area (Å²) in [6, 6.07) is 0. The van der Waals surface area contributed by atoms with Gasteiger partial charge < -0.3 is 4.74 Å². The lowest BCUT2D eigenvalue weighted by atomic mass is 9.87. The normalized spacial score (nSPS) is 20.0. The zero-order valence-corrected chi connectivity index (χ0v) is 16.4. The minimum atomic E-state index is 0.0490. The SMILES string of the molecule is CCCCCCCCCCC[CH]C[C@@H]1OC(=O)[C@H]1CCCCCC. The van der Waals surface area contributed by atoms with E-state index in [2.05, 4.69) is 20.3 Å². The highest BCUT2D eigenvalue weighted by Gasteiger charge is 2.40. The van der Waals surface area contributed by atoms with Gasteiger partial charge in [0.05, 0.1) is 5.92 Å². The molecule has 1 heterocycles. The molecule has 141 valence electrons. The third kappa shape index (κ3) is 9.69. The maximum Gasteiger partial charge on any atom is 0.313 e. The molecule has 1 radical (unpaired) electrons. The molecule has 0 bridgehead atoms. The number of hydrogen-bond donors (Lipinski definition) is 0. The molecule has 1 saturated heterocycles. The van der Waals surface area contributed by atoms with Crippen molar-refractivity contribution in [2.45, 2.75) is 123 Å². The molecule has 2 atom stereocenters. The molecule has 0 saturated carbocycles. The monoisotopic (exact) mass is 337 g/mol. The first-order valence-corrected chi connectivity index (χ1v) is 10.8. The number of hydrogen-bond acceptors (Lipinski definition) is 2. The summed E-state index contributed by atoms with van der Waals surface area (Å²) in [4.78, 5) is 11.6. The van der Waals surface area contributed by atoms with Crippen LogP contribution in [0, 0.1) is 12.3 Å². The molecule has 2 nitrogen and oxygen atoms in total. The van der Waals surface area contributed by atoms with Crippen LogP contribution in [0.15, 0.2) is 0 Å². The van der Waals surface area contributed by atoms with E-state index in [1.54, 1.807) is 0 Å². The lowest BCUT2D eigenvalue weighted by Gasteiger charge is -2.35. The average molecular weight is 338 g/mol. The van der Waals surface area contributed by atoms with Crippen LogP contribution in [-0.4, -0.2) is 12.1 Å². The zero-order chi connectivity index (χ0) is 17.5. The molecule has 1 aliphatic heterocycles. The average Bonchev–Trinajstić information content (AvgIpc) is 2.58. The molecule has 0 aromatic rings. The van der Waals surface area contributed by atoms with Crippen LogP contribution in [0.5, 0.6) is 0 Å². The summed E-state index contributed by atoms with van der Waals surface area (Å²) in [6.45, 7) is 4.50. The summed E-state index contributed by atoms with van der Waals surface area (Å²) in [6.07, 6.45) is 23.2. The molecular formula is C22H41O2. The molecule has 1 rings (SSSR count). The standard InChI is InChI=1S/C22H41O2/c1-3-5-7-9-10-11-12-13-14-15-17-19-21-20(22(23)24-21)18-16-8-6-4-2/h17,20-21H,3-16,18-19H2,1-2H3/t20-,21-/m0/s1. The molecule has 0 aromatic carbocycles. The van der Waals surface area contributed by atoms with Crippen LogP contribution in [0.2, 0.25) is 0 Å². The van der Waals surface area contributed by atoms with E-state index >= 15 is 0 Å². The van der Waals surface area contributed by atoms with E-state index in [0.717, 1.165) is 12.8 Å². The second-order valence-corrected chi connectivity index (χ2v) is 7.57. The molecule has 0 amide bonds. The highest BCUT2D eigenvalue weighted by Crippen LogP contribution is 2.31. The van der Waals surface area contributed by atoms with Crippen molar-refractivity contribution in [2.24, 2.45) is 5.92 Å². The Labute approximate surface area is 151 Å². The van der Waals surface area contributed by atoms with E-state index in [0.29, 0.717) is 0 Å². The van der Waals surface area contributed by atoms with Crippen LogP contribution in [0.4, 0.5) is 0 Å². The lowest BCUT2D eigenvalue weighted by molar-refractivity contribution is -0.185. The third-order valence-electron chi connectivity index (χ3n) is 5.30. The molecule has 24 heavy (non-hydrogen) atoms. The second-order valence-electron chi connectivity index (χ2n) is 7.57. The lowest BCUT2D eigenvalue weighted by Crippen LogP contribution is -2.45. The van der Waals surface area contributed by atoms with Gasteiger partial charge in [-0.25, -0.2) is 0 Å². The third-order valence-corrected chi connectivity index (χ3v) is 5.30. The van der Waals surface area contributed by atoms with Crippen molar-refractivity contribution in [3.63, 3.8) is 0 Å². The summed E-state index contributed by atoms with van der Waals surface area (Å²) >= 11 is 0. The number of ether oxygens (including phenoxy) is 1. The van der Waals surface area contributed by atoms with E-state index in [9.17, 15) is 4.79 Å². The Kier molecular flexibility index (Phi) is 13.3. The van der Waals surface area contributed by atoms with Gasteiger partial charge >= 0.3 is 5.97 Å². The van der Waals surface area contributed by atoms with Gasteiger partial charge in [-0.3, -0.25) is 4.79 Å². The number of cyclic esters (lactones) is 1. The number of esters is 1. The van der Waals surface area contributed by atoms with Gasteiger partial charge in [0.2, 0.25) is 0 Å². The fourth-order valence-corrected chi connectivity index (χ4v) is 3.59. The summed E-state index contributed by atoms with van der Waals surface area (Å²) in [5, 5.41) is 0. The van der Waals surface area contributed by atoms with Crippen LogP contribution >= 0.6 is 0 Å². The summed E-state index contributed by atoms with van der Waals surface area (Å²) in [7, 11) is 0. The fourth-order valence-electron chi connectivity index (χ4n) is 3.59. The Morgan fingerprint density at radius 3 is 1.92 bits per heavy atom. The first-order valence-electron chi connectivity index (χ1n) is 10.8. The molecule has 1 aliphatic rings. The van der Waals surface area contributed by atoms with Crippen LogP contribution in [0.3, 0.4) is 0 Å². The number of unbranched alkanes of at least 4 members (excludes halogenated alkanes) is 13. The van der Waals surface area contributed by atoms with Crippen molar-refractivity contribution in [3.8, 4) is 0 Å². The molecule has 0 spiro atoms. The molecule has 0 N–H and O–H groups in total. The topological polar surface area (TPSA) is 26.3 Å². The van der Waals surface area contributed by atoms with Gasteiger partial charge in [-0.2, -0.15) is 0 Å². The minimum Gasteiger partial charge on any atom is -0.461 e. The molecule has 1 fully saturated rings. The smallest absolute Gasteiger partial charge is 0.313 e. The predicted molar refractivity (Wildman–Crippen MR) is 103 cm³/mol. The van der Waals surface area contributed by atoms with Gasteiger partial charge in [0.25, 0.3) is 0 Å². The molecule has 0 unspecified atom stereocenters. The zero-order valence-electron chi connectivity index (χ0n) is 16.4. The Morgan fingerprint density at radius 1 is 0.792 bits per heavy atom. The van der Waals surface area contributed by atoms with E-state index in [1.165, 1.54) is 89.9 Å². The Bertz CT molecular complexity index is 300. The van der Waals surface area contributed by atoms with Crippen molar-refractivity contribution in [3.05, 3.63) is 6.42 Å². The van der Waals surface area contributed by atoms with Crippen molar-refractivity contribution >= 4 is 5.97 Å². The maximum absolute atomic E-state index is 11.6. The highest BCUT2D eigenvalue weighted by atomic mass is 16.6. The van der Waals surface area contributed by atoms with Crippen LogP contribution < -0.4 is 0 Å². The second kappa shape index (κ2) is 14.8. The first kappa shape index (κ1) is 21.5. The Morgan fingerprint density at radius 2 is 1.33 bits per heavy atom. The number of carbonyl (C=O) groups excluding carboxylic acids is 1. The van der Waals surface area contributed by atoms with Gasteiger partial charge in [0.1, 0.15) is 6.10 Å². The van der Waals surface area contributed by atoms with Crippen LogP contribution in [0.25, 0.3) is 0 Å². The van der Waals surface area contributed by atoms with Crippen molar-refractivity contribution in [1.82, 2.24) is 0 Å². The van der Waals surface area contributed by atoms with Crippen LogP contribution in [-0.2, 0) is 9.53 Å². The molecule has 0 aliphatic carbocycles. The van der Waals surface area contributed by atoms with E-state index < -0.39 is 0 Å². The predicted octanol–water partition coefficient (Wildman–Crippen LogP) is 7.01. The summed E-state index contributed by atoms with van der Waals surface area (Å²) in [5.74, 6) is 0.245. The van der Waals surface area contributed by atoms with Gasteiger partial charge in [-0.1, -0.05) is 104 Å². The van der Waals surface area contributed by atoms with Crippen LogP contribution in [0.1, 0.15) is 117 Å². The Hall–Kier alpha value is -0.530. The van der Waals surface area contributed by atoms with Gasteiger partial charge in [0, 0.05) is 0 Å². The van der Waals surface area contributed by atoms with Crippen molar-refractivity contribution in [1.29, 1.82) is 0 Å². The van der Waals surface area contributed by atoms with Gasteiger partial charge in [-0.15, -0.1) is 0 Å². The number of rotatable bonds is 17. The molecule has 0 aromatic heterocycles. The maximum atomic E-state index is 11.6. The summed E-state index contributed by atoms with van der Waals surface area (Å²) < 4.78 is 5.33. The van der Waals surface area contributed by atoms with Gasteiger partial charge in [-0.05, 0) is 19.3 Å². The highest BCUT2D eigenvalue weighted by molar-refractivity contribution is 5.78. The largest absolute Gasteiger partial charge is 0.461 e. The van der Waals surface area contributed by atoms with Crippen molar-refractivity contribution < 1.29 is 9.53 Å². The Balaban J connectivity index is 1.87. The molecular weight excluding hydrogens is 296 g/mol. The van der Waals surface area contributed by atoms with E-state index in [1.807, 2.05) is 0 Å². The molecule has 2 heteroatoms. The quantitative estimate of drug-likeness (QED) is 0.211. The first-order chi connectivity index (χ1) is 11.8. The minimum absolute atomic E-state index is 0.0490. The van der Waals surface area contributed by atoms with Crippen molar-refractivity contribution in [2.75, 3.05) is 0 Å². The van der Waals surface area contributed by atoms with E-state index in [4.69, 9.17) is 4.74 Å². The van der Waals surface area contributed by atoms with Gasteiger partial charge in [0.15, 0.2) is 0 Å². The number of carbonyl (C=O) groups is 1. The van der Waals surface area contributed by atoms with E-state index in [-0.39, 0.29) is 18.0 Å².